The normalized spacial score (nSPS) is 15.8. The van der Waals surface area contributed by atoms with E-state index in [2.05, 4.69) is 36.3 Å². The number of anilines is 2. The van der Waals surface area contributed by atoms with E-state index in [4.69, 9.17) is 16.3 Å². The van der Waals surface area contributed by atoms with Crippen LogP contribution in [0.1, 0.15) is 29.4 Å². The first-order chi connectivity index (χ1) is 20.1. The summed E-state index contributed by atoms with van der Waals surface area (Å²) in [5, 5.41) is 16.7. The van der Waals surface area contributed by atoms with Crippen LogP contribution >= 0.6 is 11.6 Å². The van der Waals surface area contributed by atoms with E-state index in [1.54, 1.807) is 0 Å². The summed E-state index contributed by atoms with van der Waals surface area (Å²) >= 11 is 6.45. The lowest BCUT2D eigenvalue weighted by Crippen LogP contribution is -2.48. The van der Waals surface area contributed by atoms with Gasteiger partial charge in [-0.15, -0.1) is 0 Å². The molecule has 4 aromatic rings. The van der Waals surface area contributed by atoms with Crippen LogP contribution in [0.25, 0.3) is 16.9 Å². The summed E-state index contributed by atoms with van der Waals surface area (Å²) in [6.07, 6.45) is 1.11. The monoisotopic (exact) mass is 605 g/mol. The lowest BCUT2D eigenvalue weighted by molar-refractivity contribution is -0.140. The number of alkyl halides is 3. The third-order valence-corrected chi connectivity index (χ3v) is 6.91. The second kappa shape index (κ2) is 11.7. The van der Waals surface area contributed by atoms with Crippen LogP contribution in [0.5, 0.6) is 5.75 Å². The average molecular weight is 606 g/mol. The molecule has 4 heterocycles. The molecule has 13 nitrogen and oxygen atoms in total. The molecule has 2 amide bonds. The number of aromatic amines is 1. The second-order valence-electron chi connectivity index (χ2n) is 9.31. The summed E-state index contributed by atoms with van der Waals surface area (Å²) in [5.41, 5.74) is -1.01. The molecule has 1 fully saturated rings. The highest BCUT2D eigenvalue weighted by molar-refractivity contribution is 6.36. The van der Waals surface area contributed by atoms with E-state index in [-0.39, 0.29) is 63.2 Å². The number of rotatable bonds is 9. The number of nitrogens with zero attached hydrogens (tertiary/aromatic N) is 4. The van der Waals surface area contributed by atoms with Crippen LogP contribution in [0, 0.1) is 0 Å². The topological polar surface area (TPSA) is 167 Å². The molecule has 1 aromatic carbocycles. The minimum Gasteiger partial charge on any atom is -0.425 e. The van der Waals surface area contributed by atoms with Crippen molar-refractivity contribution >= 4 is 47.0 Å². The van der Waals surface area contributed by atoms with E-state index in [1.165, 1.54) is 42.0 Å². The maximum absolute atomic E-state index is 13.4. The van der Waals surface area contributed by atoms with Gasteiger partial charge in [0.25, 0.3) is 12.4 Å². The maximum atomic E-state index is 13.4. The van der Waals surface area contributed by atoms with Crippen molar-refractivity contribution in [1.82, 2.24) is 40.5 Å². The fraction of sp³-hybridized carbons (Fsp3) is 0.280. The molecule has 17 heteroatoms. The second-order valence-corrected chi connectivity index (χ2v) is 9.68. The van der Waals surface area contributed by atoms with Gasteiger partial charge < -0.3 is 26.0 Å². The van der Waals surface area contributed by atoms with Crippen LogP contribution in [0.3, 0.4) is 0 Å². The average Bonchev–Trinajstić information content (AvgIpc) is 3.71. The number of ether oxygens (including phenoxy) is 1. The summed E-state index contributed by atoms with van der Waals surface area (Å²) < 4.78 is 46.8. The first-order valence-electron chi connectivity index (χ1n) is 12.5. The van der Waals surface area contributed by atoms with Crippen molar-refractivity contribution in [2.24, 2.45) is 0 Å². The molecular formula is C25H23ClF3N9O4. The molecule has 2 atom stereocenters. The largest absolute Gasteiger partial charge is 0.433 e. The maximum Gasteiger partial charge on any atom is 0.433 e. The summed E-state index contributed by atoms with van der Waals surface area (Å²) in [6.45, 7) is 3.06. The van der Waals surface area contributed by atoms with Gasteiger partial charge >= 0.3 is 6.18 Å². The Morgan fingerprint density at radius 3 is 2.79 bits per heavy atom. The van der Waals surface area contributed by atoms with Gasteiger partial charge in [0.2, 0.25) is 5.91 Å². The lowest BCUT2D eigenvalue weighted by atomic mass is 10.1. The Kier molecular flexibility index (Phi) is 8.00. The number of nitrogens with one attached hydrogen (secondary N) is 5. The number of carbonyl (C=O) groups is 3. The van der Waals surface area contributed by atoms with E-state index in [1.807, 2.05) is 5.10 Å². The van der Waals surface area contributed by atoms with Gasteiger partial charge in [-0.05, 0) is 32.0 Å². The minimum atomic E-state index is -4.68. The molecule has 0 saturated carbocycles. The van der Waals surface area contributed by atoms with Gasteiger partial charge in [-0.25, -0.2) is 9.97 Å². The Bertz CT molecular complexity index is 1650. The number of carbonyl (C=O) groups excluding carboxylic acids is 3. The molecule has 3 aromatic heterocycles. The highest BCUT2D eigenvalue weighted by atomic mass is 35.5. The van der Waals surface area contributed by atoms with Gasteiger partial charge in [-0.3, -0.25) is 23.9 Å². The molecule has 0 spiro atoms. The third kappa shape index (κ3) is 5.71. The number of halogens is 4. The summed E-state index contributed by atoms with van der Waals surface area (Å²) in [7, 11) is 0. The Morgan fingerprint density at radius 1 is 1.26 bits per heavy atom. The Hall–Kier alpha value is -4.70. The molecule has 1 aliphatic heterocycles. The van der Waals surface area contributed by atoms with E-state index in [0.717, 1.165) is 19.2 Å². The van der Waals surface area contributed by atoms with E-state index < -0.39 is 23.8 Å². The van der Waals surface area contributed by atoms with Crippen LogP contribution in [-0.4, -0.2) is 68.0 Å². The molecule has 5 N–H and O–H groups in total. The fourth-order valence-corrected chi connectivity index (χ4v) is 4.76. The lowest BCUT2D eigenvalue weighted by Gasteiger charge is -2.18. The smallest absolute Gasteiger partial charge is 0.425 e. The highest BCUT2D eigenvalue weighted by Crippen LogP contribution is 2.39. The van der Waals surface area contributed by atoms with Crippen molar-refractivity contribution in [2.75, 3.05) is 18.4 Å². The zero-order chi connectivity index (χ0) is 30.0. The summed E-state index contributed by atoms with van der Waals surface area (Å²) in [6, 6.07) is 1.82. The zero-order valence-corrected chi connectivity index (χ0v) is 22.5. The molecule has 220 valence electrons. The van der Waals surface area contributed by atoms with Crippen molar-refractivity contribution in [3.8, 4) is 17.0 Å². The molecular weight excluding hydrogens is 583 g/mol. The van der Waals surface area contributed by atoms with Crippen molar-refractivity contribution in [1.29, 1.82) is 0 Å². The van der Waals surface area contributed by atoms with Crippen LogP contribution < -0.4 is 26.0 Å². The van der Waals surface area contributed by atoms with Crippen LogP contribution in [0.15, 0.2) is 36.9 Å². The molecule has 42 heavy (non-hydrogen) atoms. The van der Waals surface area contributed by atoms with Crippen molar-refractivity contribution < 1.29 is 32.3 Å². The number of H-pyrrole nitrogens is 1. The van der Waals surface area contributed by atoms with Crippen molar-refractivity contribution in [2.45, 2.75) is 31.6 Å². The Balaban J connectivity index is 1.40. The van der Waals surface area contributed by atoms with Gasteiger partial charge in [0.05, 0.1) is 39.9 Å². The zero-order valence-electron chi connectivity index (χ0n) is 21.8. The minimum absolute atomic E-state index is 0.0333. The predicted octanol–water partition coefficient (Wildman–Crippen LogP) is 2.67. The first kappa shape index (κ1) is 28.8. The summed E-state index contributed by atoms with van der Waals surface area (Å²) in [5.74, 6) is -1.20. The number of benzene rings is 1. The first-order valence-corrected chi connectivity index (χ1v) is 12.9. The van der Waals surface area contributed by atoms with Crippen LogP contribution in [-0.2, 0) is 15.8 Å². The molecule has 5 rings (SSSR count). The highest BCUT2D eigenvalue weighted by Gasteiger charge is 2.36. The summed E-state index contributed by atoms with van der Waals surface area (Å²) in [4.78, 5) is 45.2. The number of hydrogen-bond donors (Lipinski definition) is 5. The molecule has 0 aliphatic carbocycles. The SMILES string of the molecule is C[C@@H](NC(=O)c1ccc(Nc2nccn3c(-c4cn[nH]c4C(F)(F)F)cnc23)c(OC=O)c1Cl)C(=O)N[C@H]1CCNC1. The number of hydrogen-bond acceptors (Lipinski definition) is 9. The quantitative estimate of drug-likeness (QED) is 0.180. The number of fused-ring (bicyclic) bond motifs is 1. The third-order valence-electron chi connectivity index (χ3n) is 6.54. The van der Waals surface area contributed by atoms with Gasteiger partial charge in [0.15, 0.2) is 17.2 Å². The van der Waals surface area contributed by atoms with Gasteiger partial charge in [-0.2, -0.15) is 18.3 Å². The number of amides is 2. The molecule has 0 radical (unpaired) electrons. The van der Waals surface area contributed by atoms with Gasteiger partial charge in [-0.1, -0.05) is 11.6 Å². The van der Waals surface area contributed by atoms with E-state index in [9.17, 15) is 27.6 Å². The van der Waals surface area contributed by atoms with E-state index >= 15 is 0 Å². The van der Waals surface area contributed by atoms with Crippen LogP contribution in [0.4, 0.5) is 24.7 Å². The number of imidazole rings is 1. The van der Waals surface area contributed by atoms with Crippen LogP contribution in [0.2, 0.25) is 5.02 Å². The molecule has 0 bridgehead atoms. The van der Waals surface area contributed by atoms with E-state index in [0.29, 0.717) is 6.54 Å². The van der Waals surface area contributed by atoms with Crippen molar-refractivity contribution in [3.63, 3.8) is 0 Å². The fourth-order valence-electron chi connectivity index (χ4n) is 4.47. The van der Waals surface area contributed by atoms with Gasteiger partial charge in [0.1, 0.15) is 11.7 Å². The van der Waals surface area contributed by atoms with Gasteiger partial charge in [0, 0.05) is 25.0 Å². The standard InChI is InChI=1S/C25H23ClF3N9O4/c1-12(23(40)35-13-4-5-30-8-13)34-24(41)14-2-3-16(19(18(14)26)42-11-39)36-21-22-32-10-17(38(22)7-6-31-21)15-9-33-37-20(15)25(27,28)29/h2-3,6-7,9-13,30H,4-5,8H2,1H3,(H,31,36)(H,33,37)(H,34,41)(H,35,40)/t12-,13+/m1/s1. The molecule has 0 unspecified atom stereocenters. The predicted molar refractivity (Wildman–Crippen MR) is 143 cm³/mol. The molecule has 1 aliphatic rings. The Morgan fingerprint density at radius 2 is 2.07 bits per heavy atom. The van der Waals surface area contributed by atoms with Crippen molar-refractivity contribution in [3.05, 3.63) is 53.2 Å². The number of aromatic nitrogens is 5. The molecule has 1 saturated heterocycles. The Labute approximate surface area is 240 Å².